The largest absolute Gasteiger partial charge is 0.379 e. The molecule has 1 aliphatic rings. The molecule has 0 amide bonds. The Morgan fingerprint density at radius 3 is 2.85 bits per heavy atom. The van der Waals surface area contributed by atoms with Crippen LogP contribution in [0, 0.1) is 5.82 Å². The molecule has 1 saturated heterocycles. The third-order valence-electron chi connectivity index (χ3n) is 5.06. The predicted octanol–water partition coefficient (Wildman–Crippen LogP) is 3.35. The summed E-state index contributed by atoms with van der Waals surface area (Å²) in [5, 5.41) is 0.798. The Morgan fingerprint density at radius 1 is 1.19 bits per heavy atom. The van der Waals surface area contributed by atoms with E-state index in [1.54, 1.807) is 12.3 Å². The average molecular weight is 354 g/mol. The van der Waals surface area contributed by atoms with Crippen LogP contribution in [0.5, 0.6) is 0 Å². The lowest BCUT2D eigenvalue weighted by Crippen LogP contribution is -2.45. The van der Waals surface area contributed by atoms with Gasteiger partial charge in [-0.1, -0.05) is 25.1 Å². The molecule has 26 heavy (non-hydrogen) atoms. The van der Waals surface area contributed by atoms with Gasteiger partial charge in [0.25, 0.3) is 0 Å². The van der Waals surface area contributed by atoms with Crippen LogP contribution in [0.2, 0.25) is 0 Å². The Kier molecular flexibility index (Phi) is 4.95. The number of hydrogen-bond donors (Lipinski definition) is 0. The first kappa shape index (κ1) is 17.1. The molecule has 0 bridgehead atoms. The first-order valence-corrected chi connectivity index (χ1v) is 9.15. The van der Waals surface area contributed by atoms with E-state index in [0.29, 0.717) is 17.3 Å². The molecule has 0 radical (unpaired) electrons. The molecule has 1 aliphatic heterocycles. The van der Waals surface area contributed by atoms with Gasteiger partial charge in [-0.2, -0.15) is 0 Å². The lowest BCUT2D eigenvalue weighted by molar-refractivity contribution is 0.0121. The highest BCUT2D eigenvalue weighted by Crippen LogP contribution is 2.22. The van der Waals surface area contributed by atoms with Gasteiger partial charge in [0.2, 0.25) is 0 Å². The van der Waals surface area contributed by atoms with Gasteiger partial charge in [-0.15, -0.1) is 0 Å². The van der Waals surface area contributed by atoms with E-state index in [0.717, 1.165) is 50.5 Å². The van der Waals surface area contributed by atoms with Crippen LogP contribution in [-0.4, -0.2) is 51.8 Å². The molecule has 4 rings (SSSR count). The summed E-state index contributed by atoms with van der Waals surface area (Å²) in [6.45, 7) is 6.55. The number of imidazole rings is 1. The Balaban J connectivity index is 1.63. The molecule has 136 valence electrons. The zero-order valence-corrected chi connectivity index (χ0v) is 14.9. The number of ether oxygens (including phenoxy) is 1. The number of halogens is 1. The van der Waals surface area contributed by atoms with Crippen molar-refractivity contribution in [3.8, 4) is 11.5 Å². The summed E-state index contributed by atoms with van der Waals surface area (Å²) in [4.78, 5) is 11.5. The molecule has 1 aromatic carbocycles. The highest BCUT2D eigenvalue weighted by molar-refractivity contribution is 5.81. The van der Waals surface area contributed by atoms with Crippen LogP contribution in [0.4, 0.5) is 4.39 Å². The quantitative estimate of drug-likeness (QED) is 0.705. The number of nitrogens with zero attached hydrogens (tertiary/aromatic N) is 4. The smallest absolute Gasteiger partial charge is 0.158 e. The van der Waals surface area contributed by atoms with Crippen LogP contribution in [-0.2, 0) is 11.3 Å². The average Bonchev–Trinajstić information content (AvgIpc) is 3.15. The summed E-state index contributed by atoms with van der Waals surface area (Å²) in [5.74, 6) is 0.476. The molecular formula is C20H23FN4O. The Bertz CT molecular complexity index is 888. The van der Waals surface area contributed by atoms with E-state index < -0.39 is 0 Å². The molecule has 0 saturated carbocycles. The second kappa shape index (κ2) is 7.51. The molecular weight excluding hydrogens is 331 g/mol. The first-order chi connectivity index (χ1) is 12.8. The topological polar surface area (TPSA) is 43.2 Å². The van der Waals surface area contributed by atoms with Crippen molar-refractivity contribution in [1.29, 1.82) is 0 Å². The van der Waals surface area contributed by atoms with Crippen LogP contribution < -0.4 is 0 Å². The normalized spacial score (nSPS) is 16.8. The van der Waals surface area contributed by atoms with Gasteiger partial charge in [-0.3, -0.25) is 4.90 Å². The summed E-state index contributed by atoms with van der Waals surface area (Å²) in [5.41, 5.74) is 1.09. The summed E-state index contributed by atoms with van der Waals surface area (Å²) >= 11 is 0. The van der Waals surface area contributed by atoms with Crippen LogP contribution in [0.1, 0.15) is 13.3 Å². The van der Waals surface area contributed by atoms with Crippen LogP contribution in [0.15, 0.2) is 42.7 Å². The lowest BCUT2D eigenvalue weighted by atomic mass is 10.1. The molecule has 3 heterocycles. The summed E-state index contributed by atoms with van der Waals surface area (Å²) in [6, 6.07) is 9.25. The fourth-order valence-electron chi connectivity index (χ4n) is 3.60. The summed E-state index contributed by atoms with van der Waals surface area (Å²) in [6.07, 6.45) is 4.82. The van der Waals surface area contributed by atoms with Gasteiger partial charge in [0.1, 0.15) is 17.0 Å². The Morgan fingerprint density at radius 2 is 2.04 bits per heavy atom. The van der Waals surface area contributed by atoms with Gasteiger partial charge in [-0.25, -0.2) is 14.4 Å². The molecule has 1 fully saturated rings. The Hall–Kier alpha value is -2.31. The third kappa shape index (κ3) is 3.34. The van der Waals surface area contributed by atoms with Crippen molar-refractivity contribution in [3.05, 3.63) is 48.5 Å². The minimum absolute atomic E-state index is 0.304. The number of benzene rings is 1. The minimum Gasteiger partial charge on any atom is -0.379 e. The highest BCUT2D eigenvalue weighted by Gasteiger charge is 2.21. The highest BCUT2D eigenvalue weighted by atomic mass is 19.1. The third-order valence-corrected chi connectivity index (χ3v) is 5.06. The van der Waals surface area contributed by atoms with Crippen molar-refractivity contribution in [2.45, 2.75) is 25.9 Å². The summed E-state index contributed by atoms with van der Waals surface area (Å²) < 4.78 is 21.7. The molecule has 5 nitrogen and oxygen atoms in total. The predicted molar refractivity (Wildman–Crippen MR) is 99.4 cm³/mol. The van der Waals surface area contributed by atoms with Crippen LogP contribution in [0.25, 0.3) is 22.4 Å². The second-order valence-electron chi connectivity index (χ2n) is 6.62. The van der Waals surface area contributed by atoms with E-state index in [9.17, 15) is 4.39 Å². The number of fused-ring (bicyclic) bond motifs is 1. The van der Waals surface area contributed by atoms with Gasteiger partial charge in [0.05, 0.1) is 13.2 Å². The van der Waals surface area contributed by atoms with Gasteiger partial charge in [0.15, 0.2) is 5.82 Å². The van der Waals surface area contributed by atoms with Gasteiger partial charge >= 0.3 is 0 Å². The molecule has 3 aromatic rings. The van der Waals surface area contributed by atoms with Crippen molar-refractivity contribution < 1.29 is 9.13 Å². The molecule has 0 N–H and O–H groups in total. The van der Waals surface area contributed by atoms with E-state index >= 15 is 0 Å². The minimum atomic E-state index is -0.304. The van der Waals surface area contributed by atoms with E-state index in [2.05, 4.69) is 26.4 Å². The zero-order chi connectivity index (χ0) is 17.9. The van der Waals surface area contributed by atoms with Crippen molar-refractivity contribution >= 4 is 10.9 Å². The molecule has 0 spiro atoms. The molecule has 2 aromatic heterocycles. The fraction of sp³-hybridized carbons (Fsp3) is 0.400. The monoisotopic (exact) mass is 354 g/mol. The number of morpholine rings is 1. The van der Waals surface area contributed by atoms with Crippen molar-refractivity contribution in [2.24, 2.45) is 0 Å². The van der Waals surface area contributed by atoms with E-state index in [-0.39, 0.29) is 5.82 Å². The van der Waals surface area contributed by atoms with Gasteiger partial charge < -0.3 is 9.30 Å². The Labute approximate surface area is 152 Å². The molecule has 0 aliphatic carbocycles. The van der Waals surface area contributed by atoms with Crippen molar-refractivity contribution in [2.75, 3.05) is 26.3 Å². The maximum atomic E-state index is 14.1. The van der Waals surface area contributed by atoms with Crippen LogP contribution >= 0.6 is 0 Å². The first-order valence-electron chi connectivity index (χ1n) is 9.15. The number of para-hydroxylation sites is 1. The van der Waals surface area contributed by atoms with Crippen molar-refractivity contribution in [3.63, 3.8) is 0 Å². The fourth-order valence-corrected chi connectivity index (χ4v) is 3.60. The molecule has 6 heteroatoms. The van der Waals surface area contributed by atoms with Crippen LogP contribution in [0.3, 0.4) is 0 Å². The molecule has 1 unspecified atom stereocenters. The van der Waals surface area contributed by atoms with E-state index in [1.807, 2.05) is 24.4 Å². The zero-order valence-electron chi connectivity index (χ0n) is 14.9. The van der Waals surface area contributed by atoms with Gasteiger partial charge in [-0.05, 0) is 18.6 Å². The lowest BCUT2D eigenvalue weighted by Gasteiger charge is -2.34. The second-order valence-corrected chi connectivity index (χ2v) is 6.62. The number of hydrogen-bond acceptors (Lipinski definition) is 4. The number of rotatable bonds is 5. The maximum absolute atomic E-state index is 14.1. The van der Waals surface area contributed by atoms with E-state index in [1.165, 1.54) is 6.07 Å². The molecule has 1 atom stereocenters. The number of pyridine rings is 1. The van der Waals surface area contributed by atoms with Crippen molar-refractivity contribution in [1.82, 2.24) is 19.4 Å². The van der Waals surface area contributed by atoms with Gasteiger partial charge in [0, 0.05) is 43.5 Å². The SMILES string of the molecule is CCC(Cn1ccnc1-c1ccc2cccc(F)c2n1)N1CCOCC1. The number of aromatic nitrogens is 3. The standard InChI is InChI=1S/C20H23FN4O/c1-2-16(24-10-12-26-13-11-24)14-25-9-8-22-20(25)18-7-6-15-4-3-5-17(21)19(15)23-18/h3-9,16H,2,10-14H2,1H3. The maximum Gasteiger partial charge on any atom is 0.158 e. The van der Waals surface area contributed by atoms with E-state index in [4.69, 9.17) is 4.74 Å². The summed E-state index contributed by atoms with van der Waals surface area (Å²) in [7, 11) is 0.